The number of aromatic nitrogens is 3. The highest BCUT2D eigenvalue weighted by molar-refractivity contribution is 7.86. The van der Waals surface area contributed by atoms with E-state index in [0.29, 0.717) is 0 Å². The van der Waals surface area contributed by atoms with Crippen molar-refractivity contribution in [1.29, 1.82) is 0 Å². The number of rotatable bonds is 5. The minimum Gasteiger partial charge on any atom is -0.374 e. The van der Waals surface area contributed by atoms with E-state index in [4.69, 9.17) is 23.1 Å². The molecule has 2 saturated heterocycles. The van der Waals surface area contributed by atoms with Crippen LogP contribution >= 0.6 is 0 Å². The predicted octanol–water partition coefficient (Wildman–Crippen LogP) is 1.77. The maximum absolute atomic E-state index is 13.7. The summed E-state index contributed by atoms with van der Waals surface area (Å²) < 4.78 is 93.7. The van der Waals surface area contributed by atoms with Crippen LogP contribution in [-0.2, 0) is 33.2 Å². The lowest BCUT2D eigenvalue weighted by Gasteiger charge is -2.50. The van der Waals surface area contributed by atoms with Gasteiger partial charge in [-0.15, -0.1) is 5.10 Å². The molecule has 0 aliphatic carbocycles. The molecule has 5 atom stereocenters. The van der Waals surface area contributed by atoms with Gasteiger partial charge in [0.25, 0.3) is 10.1 Å². The number of hydrogen-bond acceptors (Lipinski definition) is 9. The molecule has 2 aliphatic heterocycles. The van der Waals surface area contributed by atoms with Gasteiger partial charge in [-0.1, -0.05) is 5.21 Å². The van der Waals surface area contributed by atoms with Crippen molar-refractivity contribution in [1.82, 2.24) is 15.0 Å². The van der Waals surface area contributed by atoms with E-state index in [2.05, 4.69) is 10.3 Å². The van der Waals surface area contributed by atoms with Crippen LogP contribution in [0.5, 0.6) is 0 Å². The summed E-state index contributed by atoms with van der Waals surface area (Å²) in [4.78, 5) is 0. The van der Waals surface area contributed by atoms with E-state index in [1.54, 1.807) is 13.8 Å². The normalized spacial score (nSPS) is 29.6. The van der Waals surface area contributed by atoms with E-state index < -0.39 is 64.0 Å². The standard InChI is InChI=1S/C19H22F3N3O7S/c1-19(2)29-8-13-16(31-19)15(17(28-3)18(30-13)32-33(4,26)27)25-7-12(23-24-25)9-5-10(20)14(22)11(21)6-9/h5-7,13,15-18H,8H2,1-4H3/t13-,15?,16+,17-,18-/m1/s1. The number of fused-ring (bicyclic) bond motifs is 1. The average molecular weight is 493 g/mol. The third kappa shape index (κ3) is 4.90. The van der Waals surface area contributed by atoms with E-state index in [-0.39, 0.29) is 17.9 Å². The topological polar surface area (TPSA) is 111 Å². The molecule has 2 aromatic rings. The minimum atomic E-state index is -3.94. The zero-order valence-corrected chi connectivity index (χ0v) is 18.9. The molecular formula is C19H22F3N3O7S. The molecule has 182 valence electrons. The van der Waals surface area contributed by atoms with E-state index in [9.17, 15) is 21.6 Å². The summed E-state index contributed by atoms with van der Waals surface area (Å²) in [6.45, 7) is 3.44. The Morgan fingerprint density at radius 2 is 1.88 bits per heavy atom. The van der Waals surface area contributed by atoms with Gasteiger partial charge in [-0.2, -0.15) is 8.42 Å². The fourth-order valence-corrected chi connectivity index (χ4v) is 4.38. The Balaban J connectivity index is 1.75. The molecule has 0 radical (unpaired) electrons. The summed E-state index contributed by atoms with van der Waals surface area (Å²) in [6.07, 6.45) is -1.67. The largest absolute Gasteiger partial charge is 0.374 e. The van der Waals surface area contributed by atoms with Crippen LogP contribution in [0.15, 0.2) is 18.3 Å². The van der Waals surface area contributed by atoms with Gasteiger partial charge in [-0.05, 0) is 26.0 Å². The van der Waals surface area contributed by atoms with Crippen LogP contribution in [0.3, 0.4) is 0 Å². The molecule has 0 N–H and O–H groups in total. The van der Waals surface area contributed by atoms with Gasteiger partial charge < -0.3 is 18.9 Å². The maximum Gasteiger partial charge on any atom is 0.266 e. The molecule has 0 saturated carbocycles. The quantitative estimate of drug-likeness (QED) is 0.455. The van der Waals surface area contributed by atoms with Crippen LogP contribution in [0.4, 0.5) is 13.2 Å². The highest BCUT2D eigenvalue weighted by Gasteiger charge is 2.54. The third-order valence-corrected chi connectivity index (χ3v) is 5.81. The van der Waals surface area contributed by atoms with Gasteiger partial charge in [0, 0.05) is 12.7 Å². The molecule has 1 aromatic carbocycles. The monoisotopic (exact) mass is 493 g/mol. The molecule has 2 fully saturated rings. The predicted molar refractivity (Wildman–Crippen MR) is 105 cm³/mol. The number of benzene rings is 1. The molecule has 1 aromatic heterocycles. The smallest absolute Gasteiger partial charge is 0.266 e. The van der Waals surface area contributed by atoms with Crippen molar-refractivity contribution < 1.29 is 44.7 Å². The van der Waals surface area contributed by atoms with Crippen LogP contribution in [0.25, 0.3) is 11.3 Å². The molecule has 2 aliphatic rings. The summed E-state index contributed by atoms with van der Waals surface area (Å²) in [6, 6.07) is 0.744. The molecule has 0 amide bonds. The molecule has 0 spiro atoms. The summed E-state index contributed by atoms with van der Waals surface area (Å²) >= 11 is 0. The highest BCUT2D eigenvalue weighted by atomic mass is 32.2. The molecular weight excluding hydrogens is 471 g/mol. The van der Waals surface area contributed by atoms with E-state index in [0.717, 1.165) is 18.4 Å². The Bertz CT molecular complexity index is 1120. The summed E-state index contributed by atoms with van der Waals surface area (Å²) in [7, 11) is -2.61. The van der Waals surface area contributed by atoms with Crippen LogP contribution in [0.1, 0.15) is 19.9 Å². The summed E-state index contributed by atoms with van der Waals surface area (Å²) in [5.41, 5.74) is -0.00927. The number of methoxy groups -OCH3 is 1. The number of nitrogens with zero attached hydrogens (tertiary/aromatic N) is 3. The lowest BCUT2D eigenvalue weighted by Crippen LogP contribution is -2.63. The first-order valence-electron chi connectivity index (χ1n) is 9.83. The molecule has 4 rings (SSSR count). The molecule has 33 heavy (non-hydrogen) atoms. The van der Waals surface area contributed by atoms with Crippen molar-refractivity contribution in [3.8, 4) is 11.3 Å². The molecule has 3 heterocycles. The first kappa shape index (κ1) is 24.0. The van der Waals surface area contributed by atoms with Crippen molar-refractivity contribution in [2.45, 2.75) is 50.3 Å². The van der Waals surface area contributed by atoms with Crippen LogP contribution in [0, 0.1) is 17.5 Å². The van der Waals surface area contributed by atoms with Crippen LogP contribution in [-0.4, -0.2) is 73.8 Å². The number of ether oxygens (including phenoxy) is 4. The Hall–Kier alpha value is -2.10. The van der Waals surface area contributed by atoms with Gasteiger partial charge in [0.2, 0.25) is 6.29 Å². The summed E-state index contributed by atoms with van der Waals surface area (Å²) in [5, 5.41) is 7.96. The second kappa shape index (κ2) is 8.60. The van der Waals surface area contributed by atoms with Crippen molar-refractivity contribution in [2.24, 2.45) is 0 Å². The van der Waals surface area contributed by atoms with Gasteiger partial charge in [0.05, 0.1) is 19.1 Å². The Morgan fingerprint density at radius 3 is 2.48 bits per heavy atom. The van der Waals surface area contributed by atoms with E-state index >= 15 is 0 Å². The molecule has 14 heteroatoms. The average Bonchev–Trinajstić information content (AvgIpc) is 3.19. The van der Waals surface area contributed by atoms with Gasteiger partial charge in [-0.25, -0.2) is 22.0 Å². The maximum atomic E-state index is 13.7. The lowest BCUT2D eigenvalue weighted by molar-refractivity contribution is -0.366. The fourth-order valence-electron chi connectivity index (χ4n) is 3.88. The highest BCUT2D eigenvalue weighted by Crippen LogP contribution is 2.40. The third-order valence-electron chi connectivity index (χ3n) is 5.27. The zero-order chi connectivity index (χ0) is 24.1. The van der Waals surface area contributed by atoms with E-state index in [1.165, 1.54) is 18.0 Å². The van der Waals surface area contributed by atoms with Gasteiger partial charge in [0.1, 0.15) is 30.0 Å². The second-order valence-electron chi connectivity index (χ2n) is 8.17. The SMILES string of the molecule is CO[C@@H]1C(n2cc(-c3cc(F)c(F)c(F)c3)nn2)[C@H]2OC(C)(C)OC[C@H]2O[C@@H]1OS(C)(=O)=O. The van der Waals surface area contributed by atoms with Gasteiger partial charge in [-0.3, -0.25) is 0 Å². The first-order chi connectivity index (χ1) is 15.4. The Kier molecular flexibility index (Phi) is 6.26. The zero-order valence-electron chi connectivity index (χ0n) is 18.1. The second-order valence-corrected chi connectivity index (χ2v) is 9.77. The van der Waals surface area contributed by atoms with E-state index in [1.807, 2.05) is 0 Å². The molecule has 1 unspecified atom stereocenters. The minimum absolute atomic E-state index is 0.0394. The van der Waals surface area contributed by atoms with Crippen molar-refractivity contribution in [2.75, 3.05) is 20.0 Å². The van der Waals surface area contributed by atoms with Crippen LogP contribution in [0.2, 0.25) is 0 Å². The van der Waals surface area contributed by atoms with Gasteiger partial charge in [0.15, 0.2) is 23.2 Å². The van der Waals surface area contributed by atoms with Crippen molar-refractivity contribution in [3.63, 3.8) is 0 Å². The molecule has 10 nitrogen and oxygen atoms in total. The molecule has 0 bridgehead atoms. The Morgan fingerprint density at radius 1 is 1.21 bits per heavy atom. The lowest BCUT2D eigenvalue weighted by atomic mass is 9.94. The van der Waals surface area contributed by atoms with Crippen LogP contribution < -0.4 is 0 Å². The Labute approximate surface area is 187 Å². The number of halogens is 3. The van der Waals surface area contributed by atoms with Gasteiger partial charge >= 0.3 is 0 Å². The number of hydrogen-bond donors (Lipinski definition) is 0. The van der Waals surface area contributed by atoms with Crippen molar-refractivity contribution in [3.05, 3.63) is 35.8 Å². The van der Waals surface area contributed by atoms with Crippen molar-refractivity contribution >= 4 is 10.1 Å². The fraction of sp³-hybridized carbons (Fsp3) is 0.579. The first-order valence-corrected chi connectivity index (χ1v) is 11.7. The summed E-state index contributed by atoms with van der Waals surface area (Å²) in [5.74, 6) is -5.36.